The first-order valence-corrected chi connectivity index (χ1v) is 6.67. The minimum absolute atomic E-state index is 0.160. The van der Waals surface area contributed by atoms with Crippen LogP contribution < -0.4 is 5.73 Å². The molecule has 0 spiro atoms. The van der Waals surface area contributed by atoms with Crippen molar-refractivity contribution in [3.63, 3.8) is 0 Å². The third-order valence-electron chi connectivity index (χ3n) is 3.13. The van der Waals surface area contributed by atoms with Crippen LogP contribution in [0.4, 0.5) is 8.78 Å². The Hall–Kier alpha value is -1.26. The van der Waals surface area contributed by atoms with Gasteiger partial charge in [-0.05, 0) is 36.6 Å². The van der Waals surface area contributed by atoms with Crippen LogP contribution in [0, 0.1) is 25.5 Å². The minimum Gasteiger partial charge on any atom is -0.320 e. The maximum absolute atomic E-state index is 13.9. The molecule has 2 aromatic carbocycles. The van der Waals surface area contributed by atoms with Gasteiger partial charge in [-0.3, -0.25) is 0 Å². The van der Waals surface area contributed by atoms with Crippen LogP contribution in [-0.4, -0.2) is 0 Å². The van der Waals surface area contributed by atoms with Gasteiger partial charge in [0.15, 0.2) is 11.6 Å². The number of hydrogen-bond acceptors (Lipinski definition) is 1. The first-order chi connectivity index (χ1) is 8.91. The number of rotatable bonds is 2. The van der Waals surface area contributed by atoms with Gasteiger partial charge < -0.3 is 5.73 Å². The van der Waals surface area contributed by atoms with E-state index in [2.05, 4.69) is 15.9 Å². The SMILES string of the molecule is Cc1ccc(C(N)c2ccc(C)c(F)c2F)c(Br)c1. The fourth-order valence-corrected chi connectivity index (χ4v) is 2.69. The molecule has 0 aliphatic heterocycles. The Bertz CT molecular complexity index is 626. The molecular formula is C15H14BrF2N. The molecule has 1 unspecified atom stereocenters. The topological polar surface area (TPSA) is 26.0 Å². The summed E-state index contributed by atoms with van der Waals surface area (Å²) in [4.78, 5) is 0. The monoisotopic (exact) mass is 325 g/mol. The van der Waals surface area contributed by atoms with Crippen LogP contribution in [0.5, 0.6) is 0 Å². The molecule has 1 atom stereocenters. The molecule has 1 nitrogen and oxygen atoms in total. The lowest BCUT2D eigenvalue weighted by molar-refractivity contribution is 0.489. The van der Waals surface area contributed by atoms with E-state index in [0.717, 1.165) is 15.6 Å². The van der Waals surface area contributed by atoms with Gasteiger partial charge in [0.2, 0.25) is 0 Å². The second kappa shape index (κ2) is 5.39. The summed E-state index contributed by atoms with van der Waals surface area (Å²) in [7, 11) is 0. The van der Waals surface area contributed by atoms with Crippen LogP contribution in [-0.2, 0) is 0 Å². The lowest BCUT2D eigenvalue weighted by Crippen LogP contribution is -2.15. The van der Waals surface area contributed by atoms with E-state index in [9.17, 15) is 8.78 Å². The van der Waals surface area contributed by atoms with Crippen LogP contribution in [0.15, 0.2) is 34.8 Å². The highest BCUT2D eigenvalue weighted by Crippen LogP contribution is 2.30. The molecule has 2 N–H and O–H groups in total. The van der Waals surface area contributed by atoms with Gasteiger partial charge in [0.05, 0.1) is 6.04 Å². The molecule has 0 aliphatic carbocycles. The van der Waals surface area contributed by atoms with Crippen LogP contribution in [0.1, 0.15) is 28.3 Å². The van der Waals surface area contributed by atoms with E-state index in [1.807, 2.05) is 25.1 Å². The molecule has 4 heteroatoms. The number of benzene rings is 2. The number of aryl methyl sites for hydroxylation is 2. The zero-order chi connectivity index (χ0) is 14.2. The third kappa shape index (κ3) is 2.69. The molecule has 0 bridgehead atoms. The van der Waals surface area contributed by atoms with E-state index in [0.29, 0.717) is 0 Å². The predicted octanol–water partition coefficient (Wildman–Crippen LogP) is 4.39. The zero-order valence-corrected chi connectivity index (χ0v) is 12.3. The summed E-state index contributed by atoms with van der Waals surface area (Å²) >= 11 is 3.41. The minimum atomic E-state index is -0.875. The molecule has 0 aliphatic rings. The van der Waals surface area contributed by atoms with Crippen molar-refractivity contribution < 1.29 is 8.78 Å². The van der Waals surface area contributed by atoms with E-state index < -0.39 is 17.7 Å². The summed E-state index contributed by atoms with van der Waals surface area (Å²) in [5.74, 6) is -1.71. The summed E-state index contributed by atoms with van der Waals surface area (Å²) < 4.78 is 28.3. The van der Waals surface area contributed by atoms with Crippen LogP contribution in [0.25, 0.3) is 0 Å². The number of halogens is 3. The molecule has 2 rings (SSSR count). The summed E-state index contributed by atoms with van der Waals surface area (Å²) in [5.41, 5.74) is 8.28. The second-order valence-corrected chi connectivity index (χ2v) is 5.46. The highest BCUT2D eigenvalue weighted by atomic mass is 79.9. The highest BCUT2D eigenvalue weighted by molar-refractivity contribution is 9.10. The zero-order valence-electron chi connectivity index (χ0n) is 10.7. The third-order valence-corrected chi connectivity index (χ3v) is 3.82. The summed E-state index contributed by atoms with van der Waals surface area (Å²) in [6, 6.07) is 7.98. The first-order valence-electron chi connectivity index (χ1n) is 5.88. The Balaban J connectivity index is 2.50. The van der Waals surface area contributed by atoms with Crippen molar-refractivity contribution in [2.24, 2.45) is 5.73 Å². The number of nitrogens with two attached hydrogens (primary N) is 1. The molecule has 2 aromatic rings. The van der Waals surface area contributed by atoms with Crippen molar-refractivity contribution in [3.05, 3.63) is 68.7 Å². The van der Waals surface area contributed by atoms with Crippen LogP contribution >= 0.6 is 15.9 Å². The van der Waals surface area contributed by atoms with Crippen molar-refractivity contribution in [2.75, 3.05) is 0 Å². The summed E-state index contributed by atoms with van der Waals surface area (Å²) in [6.45, 7) is 3.47. The molecule has 0 radical (unpaired) electrons. The van der Waals surface area contributed by atoms with Crippen molar-refractivity contribution in [1.29, 1.82) is 0 Å². The van der Waals surface area contributed by atoms with Gasteiger partial charge in [-0.1, -0.05) is 40.2 Å². The van der Waals surface area contributed by atoms with E-state index in [-0.39, 0.29) is 11.1 Å². The molecule has 0 fully saturated rings. The molecule has 0 aromatic heterocycles. The Morgan fingerprint density at radius 3 is 2.26 bits per heavy atom. The average Bonchev–Trinajstić information content (AvgIpc) is 2.35. The fraction of sp³-hybridized carbons (Fsp3) is 0.200. The Morgan fingerprint density at radius 1 is 1.00 bits per heavy atom. The molecule has 0 saturated heterocycles. The maximum atomic E-state index is 13.9. The predicted molar refractivity (Wildman–Crippen MR) is 76.0 cm³/mol. The quantitative estimate of drug-likeness (QED) is 0.870. The van der Waals surface area contributed by atoms with Crippen molar-refractivity contribution in [1.82, 2.24) is 0 Å². The Labute approximate surface area is 119 Å². The fourth-order valence-electron chi connectivity index (χ4n) is 1.95. The van der Waals surface area contributed by atoms with Crippen molar-refractivity contribution in [2.45, 2.75) is 19.9 Å². The van der Waals surface area contributed by atoms with E-state index in [4.69, 9.17) is 5.73 Å². The molecule has 100 valence electrons. The molecule has 19 heavy (non-hydrogen) atoms. The smallest absolute Gasteiger partial charge is 0.164 e. The first kappa shape index (κ1) is 14.2. The van der Waals surface area contributed by atoms with Gasteiger partial charge in [0.25, 0.3) is 0 Å². The largest absolute Gasteiger partial charge is 0.320 e. The maximum Gasteiger partial charge on any atom is 0.164 e. The van der Waals surface area contributed by atoms with E-state index in [1.54, 1.807) is 0 Å². The molecule has 0 amide bonds. The van der Waals surface area contributed by atoms with Crippen molar-refractivity contribution >= 4 is 15.9 Å². The van der Waals surface area contributed by atoms with Gasteiger partial charge in [0.1, 0.15) is 0 Å². The van der Waals surface area contributed by atoms with Gasteiger partial charge in [-0.15, -0.1) is 0 Å². The molecular weight excluding hydrogens is 312 g/mol. The standard InChI is InChI=1S/C15H14BrF2N/c1-8-3-5-10(12(16)7-8)15(19)11-6-4-9(2)13(17)14(11)18/h3-7,15H,19H2,1-2H3. The van der Waals surface area contributed by atoms with E-state index >= 15 is 0 Å². The summed E-state index contributed by atoms with van der Waals surface area (Å²) in [5, 5.41) is 0. The Morgan fingerprint density at radius 2 is 1.63 bits per heavy atom. The van der Waals surface area contributed by atoms with Crippen molar-refractivity contribution in [3.8, 4) is 0 Å². The second-order valence-electron chi connectivity index (χ2n) is 4.60. The lowest BCUT2D eigenvalue weighted by atomic mass is 9.97. The normalized spacial score (nSPS) is 12.5. The van der Waals surface area contributed by atoms with Gasteiger partial charge in [-0.2, -0.15) is 0 Å². The van der Waals surface area contributed by atoms with Crippen LogP contribution in [0.3, 0.4) is 0 Å². The Kier molecular flexibility index (Phi) is 4.02. The van der Waals surface area contributed by atoms with E-state index in [1.165, 1.54) is 19.1 Å². The highest BCUT2D eigenvalue weighted by Gasteiger charge is 2.19. The van der Waals surface area contributed by atoms with Gasteiger partial charge in [0, 0.05) is 10.0 Å². The van der Waals surface area contributed by atoms with Gasteiger partial charge >= 0.3 is 0 Å². The van der Waals surface area contributed by atoms with Crippen LogP contribution in [0.2, 0.25) is 0 Å². The molecule has 0 heterocycles. The summed E-state index contributed by atoms with van der Waals surface area (Å²) in [6.07, 6.45) is 0. The molecule has 0 saturated carbocycles. The average molecular weight is 326 g/mol. The van der Waals surface area contributed by atoms with Gasteiger partial charge in [-0.25, -0.2) is 8.78 Å². The number of hydrogen-bond donors (Lipinski definition) is 1. The lowest BCUT2D eigenvalue weighted by Gasteiger charge is -2.16.